The molecule has 4 heteroatoms. The van der Waals surface area contributed by atoms with Gasteiger partial charge in [0.2, 0.25) is 16.9 Å². The van der Waals surface area contributed by atoms with E-state index in [0.29, 0.717) is 16.7 Å². The van der Waals surface area contributed by atoms with Gasteiger partial charge in [-0.3, -0.25) is 4.79 Å². The second kappa shape index (κ2) is 3.77. The van der Waals surface area contributed by atoms with Gasteiger partial charge in [-0.25, -0.2) is 0 Å². The van der Waals surface area contributed by atoms with Crippen LogP contribution < -0.4 is 5.43 Å². The van der Waals surface area contributed by atoms with Crippen LogP contribution in [0.2, 0.25) is 0 Å². The topological polar surface area (TPSA) is 63.6 Å². The maximum Gasteiger partial charge on any atom is 0.235 e. The summed E-state index contributed by atoms with van der Waals surface area (Å²) in [6.45, 7) is 1.87. The fraction of sp³-hybridized carbons (Fsp3) is 0.0714. The van der Waals surface area contributed by atoms with Gasteiger partial charge in [-0.2, -0.15) is 0 Å². The molecule has 0 saturated heterocycles. The third-order valence-corrected chi connectivity index (χ3v) is 2.77. The van der Waals surface area contributed by atoms with Gasteiger partial charge in [0.25, 0.3) is 0 Å². The summed E-state index contributed by atoms with van der Waals surface area (Å²) in [5, 5.41) is 10.3. The van der Waals surface area contributed by atoms with Crippen LogP contribution >= 0.6 is 0 Å². The minimum absolute atomic E-state index is 0.0568. The highest BCUT2D eigenvalue weighted by atomic mass is 16.4. The Morgan fingerprint density at radius 1 is 1.22 bits per heavy atom. The van der Waals surface area contributed by atoms with Crippen LogP contribution in [0.15, 0.2) is 50.2 Å². The van der Waals surface area contributed by atoms with Gasteiger partial charge in [-0.1, -0.05) is 11.6 Å². The van der Waals surface area contributed by atoms with Gasteiger partial charge >= 0.3 is 0 Å². The van der Waals surface area contributed by atoms with Crippen molar-refractivity contribution in [2.45, 2.75) is 6.92 Å². The van der Waals surface area contributed by atoms with E-state index in [4.69, 9.17) is 8.83 Å². The molecule has 3 rings (SSSR count). The van der Waals surface area contributed by atoms with Crippen LogP contribution in [0, 0.1) is 6.92 Å². The smallest absolute Gasteiger partial charge is 0.235 e. The summed E-state index contributed by atoms with van der Waals surface area (Å²) in [5.74, 6) is -0.0449. The average molecular weight is 242 g/mol. The summed E-state index contributed by atoms with van der Waals surface area (Å²) in [6.07, 6.45) is 1.45. The first-order valence-electron chi connectivity index (χ1n) is 5.47. The molecule has 0 spiro atoms. The Kier molecular flexibility index (Phi) is 2.23. The molecule has 0 aliphatic heterocycles. The predicted octanol–water partition coefficient (Wildman–Crippen LogP) is 3.07. The summed E-state index contributed by atoms with van der Waals surface area (Å²) in [4.78, 5) is 12.0. The van der Waals surface area contributed by atoms with Crippen molar-refractivity contribution in [3.8, 4) is 17.3 Å². The second-order valence-corrected chi connectivity index (χ2v) is 4.09. The van der Waals surface area contributed by atoms with Gasteiger partial charge in [0.1, 0.15) is 5.58 Å². The lowest BCUT2D eigenvalue weighted by Gasteiger charge is -2.03. The van der Waals surface area contributed by atoms with Crippen LogP contribution in [0.1, 0.15) is 5.56 Å². The molecular weight excluding hydrogens is 232 g/mol. The maximum atomic E-state index is 12.0. The highest BCUT2D eigenvalue weighted by Gasteiger charge is 2.16. The number of furan rings is 1. The number of benzene rings is 1. The van der Waals surface area contributed by atoms with Crippen molar-refractivity contribution in [1.29, 1.82) is 0 Å². The van der Waals surface area contributed by atoms with Gasteiger partial charge in [0.05, 0.1) is 11.6 Å². The van der Waals surface area contributed by atoms with E-state index in [2.05, 4.69) is 0 Å². The molecule has 0 amide bonds. The molecule has 18 heavy (non-hydrogen) atoms. The van der Waals surface area contributed by atoms with Gasteiger partial charge in [-0.15, -0.1) is 0 Å². The van der Waals surface area contributed by atoms with Crippen LogP contribution in [0.25, 0.3) is 22.5 Å². The Morgan fingerprint density at radius 3 is 2.78 bits per heavy atom. The molecule has 0 bridgehead atoms. The molecule has 2 heterocycles. The van der Waals surface area contributed by atoms with E-state index in [1.54, 1.807) is 24.3 Å². The van der Waals surface area contributed by atoms with Gasteiger partial charge < -0.3 is 13.9 Å². The molecule has 0 fully saturated rings. The molecule has 3 aromatic rings. The molecule has 0 aliphatic carbocycles. The maximum absolute atomic E-state index is 12.0. The fourth-order valence-electron chi connectivity index (χ4n) is 1.87. The predicted molar refractivity (Wildman–Crippen MR) is 66.6 cm³/mol. The van der Waals surface area contributed by atoms with E-state index < -0.39 is 11.2 Å². The van der Waals surface area contributed by atoms with Crippen molar-refractivity contribution >= 4 is 11.0 Å². The number of hydrogen-bond donors (Lipinski definition) is 1. The minimum atomic E-state index is -0.452. The fourth-order valence-corrected chi connectivity index (χ4v) is 1.87. The zero-order valence-corrected chi connectivity index (χ0v) is 9.64. The van der Waals surface area contributed by atoms with Crippen molar-refractivity contribution in [1.82, 2.24) is 0 Å². The van der Waals surface area contributed by atoms with Crippen molar-refractivity contribution < 1.29 is 13.9 Å². The van der Waals surface area contributed by atoms with Crippen molar-refractivity contribution in [3.63, 3.8) is 0 Å². The summed E-state index contributed by atoms with van der Waals surface area (Å²) >= 11 is 0. The molecular formula is C14H10O4. The van der Waals surface area contributed by atoms with Crippen molar-refractivity contribution in [2.24, 2.45) is 0 Å². The van der Waals surface area contributed by atoms with Gasteiger partial charge in [0.15, 0.2) is 5.76 Å². The Bertz CT molecular complexity index is 766. The van der Waals surface area contributed by atoms with Crippen molar-refractivity contribution in [3.05, 3.63) is 52.4 Å². The SMILES string of the molecule is Cc1ccc2oc(-c3ccco3)c(O)c(=O)c2c1. The lowest BCUT2D eigenvalue weighted by atomic mass is 10.1. The summed E-state index contributed by atoms with van der Waals surface area (Å²) in [5.41, 5.74) is 0.904. The van der Waals surface area contributed by atoms with Crippen LogP contribution in [0.5, 0.6) is 5.75 Å². The van der Waals surface area contributed by atoms with Gasteiger partial charge in [0, 0.05) is 0 Å². The number of rotatable bonds is 1. The first-order chi connectivity index (χ1) is 8.66. The zero-order chi connectivity index (χ0) is 12.7. The normalized spacial score (nSPS) is 10.9. The molecule has 0 radical (unpaired) electrons. The average Bonchev–Trinajstić information content (AvgIpc) is 2.88. The standard InChI is InChI=1S/C14H10O4/c1-8-4-5-10-9(7-8)12(15)13(16)14(18-10)11-3-2-6-17-11/h2-7,16H,1H3. The summed E-state index contributed by atoms with van der Waals surface area (Å²) in [7, 11) is 0. The molecule has 1 N–H and O–H groups in total. The number of hydrogen-bond acceptors (Lipinski definition) is 4. The van der Waals surface area contributed by atoms with Crippen LogP contribution in [-0.2, 0) is 0 Å². The van der Waals surface area contributed by atoms with E-state index in [9.17, 15) is 9.90 Å². The molecule has 1 aromatic carbocycles. The largest absolute Gasteiger partial charge is 0.501 e. The van der Waals surface area contributed by atoms with Crippen LogP contribution in [0.3, 0.4) is 0 Å². The van der Waals surface area contributed by atoms with Crippen molar-refractivity contribution in [2.75, 3.05) is 0 Å². The van der Waals surface area contributed by atoms with E-state index in [1.165, 1.54) is 6.26 Å². The number of aromatic hydroxyl groups is 1. The quantitative estimate of drug-likeness (QED) is 0.712. The third kappa shape index (κ3) is 1.50. The second-order valence-electron chi connectivity index (χ2n) is 4.09. The summed E-state index contributed by atoms with van der Waals surface area (Å²) < 4.78 is 10.7. The Morgan fingerprint density at radius 2 is 2.06 bits per heavy atom. The highest BCUT2D eigenvalue weighted by molar-refractivity contribution is 5.81. The molecule has 4 nitrogen and oxygen atoms in total. The third-order valence-electron chi connectivity index (χ3n) is 2.77. The number of aryl methyl sites for hydroxylation is 1. The summed E-state index contributed by atoms with van der Waals surface area (Å²) in [6, 6.07) is 8.52. The van der Waals surface area contributed by atoms with E-state index in [-0.39, 0.29) is 5.76 Å². The molecule has 0 unspecified atom stereocenters. The molecule has 2 aromatic heterocycles. The zero-order valence-electron chi connectivity index (χ0n) is 9.64. The lowest BCUT2D eigenvalue weighted by Crippen LogP contribution is -2.02. The molecule has 90 valence electrons. The monoisotopic (exact) mass is 242 g/mol. The van der Waals surface area contributed by atoms with E-state index in [1.807, 2.05) is 13.0 Å². The Labute approximate surface area is 102 Å². The highest BCUT2D eigenvalue weighted by Crippen LogP contribution is 2.30. The first kappa shape index (κ1) is 10.7. The van der Waals surface area contributed by atoms with Crippen LogP contribution in [0.4, 0.5) is 0 Å². The molecule has 0 saturated carbocycles. The van der Waals surface area contributed by atoms with E-state index in [0.717, 1.165) is 5.56 Å². The number of fused-ring (bicyclic) bond motifs is 1. The lowest BCUT2D eigenvalue weighted by molar-refractivity contribution is 0.439. The first-order valence-corrected chi connectivity index (χ1v) is 5.47. The van der Waals surface area contributed by atoms with Gasteiger partial charge in [-0.05, 0) is 31.2 Å². The van der Waals surface area contributed by atoms with Crippen LogP contribution in [-0.4, -0.2) is 5.11 Å². The minimum Gasteiger partial charge on any atom is -0.501 e. The molecule has 0 aliphatic rings. The Balaban J connectivity index is 2.40. The van der Waals surface area contributed by atoms with E-state index >= 15 is 0 Å². The molecule has 0 atom stereocenters. The Hall–Kier alpha value is -2.49.